The maximum atomic E-state index is 12.6. The minimum Gasteiger partial charge on any atom is -0.481 e. The van der Waals surface area contributed by atoms with E-state index in [1.165, 1.54) is 0 Å². The van der Waals surface area contributed by atoms with Crippen LogP contribution < -0.4 is 0 Å². The molecule has 2 amide bonds. The summed E-state index contributed by atoms with van der Waals surface area (Å²) in [5.74, 6) is -0.769. The van der Waals surface area contributed by atoms with E-state index < -0.39 is 11.4 Å². The maximum absolute atomic E-state index is 12.6. The SMILES string of the molecule is CCCCN(CCCC)C(=O)N1CCC(CC)(C(=O)O)C1. The zero-order valence-corrected chi connectivity index (χ0v) is 13.7. The quantitative estimate of drug-likeness (QED) is 0.748. The van der Waals surface area contributed by atoms with Gasteiger partial charge in [-0.2, -0.15) is 0 Å². The van der Waals surface area contributed by atoms with Crippen LogP contribution in [0.1, 0.15) is 59.3 Å². The molecule has 0 spiro atoms. The summed E-state index contributed by atoms with van der Waals surface area (Å²) in [6.07, 6.45) is 5.27. The van der Waals surface area contributed by atoms with Crippen LogP contribution in [0.5, 0.6) is 0 Å². The molecule has 1 heterocycles. The van der Waals surface area contributed by atoms with Crippen LogP contribution in [0.15, 0.2) is 0 Å². The Morgan fingerprint density at radius 1 is 1.14 bits per heavy atom. The van der Waals surface area contributed by atoms with Crippen molar-refractivity contribution in [3.8, 4) is 0 Å². The fourth-order valence-corrected chi connectivity index (χ4v) is 2.85. The normalized spacial score (nSPS) is 21.6. The lowest BCUT2D eigenvalue weighted by Gasteiger charge is -2.29. The van der Waals surface area contributed by atoms with Crippen molar-refractivity contribution in [2.75, 3.05) is 26.2 Å². The molecule has 1 saturated heterocycles. The van der Waals surface area contributed by atoms with Gasteiger partial charge in [-0.1, -0.05) is 33.6 Å². The fourth-order valence-electron chi connectivity index (χ4n) is 2.85. The Kier molecular flexibility index (Phi) is 6.99. The van der Waals surface area contributed by atoms with Gasteiger partial charge in [0.25, 0.3) is 0 Å². The van der Waals surface area contributed by atoms with Crippen molar-refractivity contribution in [1.29, 1.82) is 0 Å². The average molecular weight is 298 g/mol. The predicted molar refractivity (Wildman–Crippen MR) is 83.3 cm³/mol. The summed E-state index contributed by atoms with van der Waals surface area (Å²) in [6.45, 7) is 8.60. The first-order valence-corrected chi connectivity index (χ1v) is 8.28. The highest BCUT2D eigenvalue weighted by Gasteiger charge is 2.45. The minimum atomic E-state index is -0.769. The third kappa shape index (κ3) is 4.35. The molecule has 1 aliphatic rings. The van der Waals surface area contributed by atoms with E-state index in [1.807, 2.05) is 11.8 Å². The molecule has 1 unspecified atom stereocenters. The molecule has 0 saturated carbocycles. The van der Waals surface area contributed by atoms with Crippen LogP contribution >= 0.6 is 0 Å². The van der Waals surface area contributed by atoms with Gasteiger partial charge < -0.3 is 14.9 Å². The van der Waals surface area contributed by atoms with Crippen LogP contribution in [-0.2, 0) is 4.79 Å². The molecular formula is C16H30N2O3. The van der Waals surface area contributed by atoms with Gasteiger partial charge in [-0.3, -0.25) is 4.79 Å². The summed E-state index contributed by atoms with van der Waals surface area (Å²) in [5, 5.41) is 9.43. The van der Waals surface area contributed by atoms with Crippen LogP contribution in [0, 0.1) is 5.41 Å². The van der Waals surface area contributed by atoms with E-state index >= 15 is 0 Å². The van der Waals surface area contributed by atoms with Crippen LogP contribution in [0.2, 0.25) is 0 Å². The second-order valence-electron chi connectivity index (χ2n) is 6.09. The number of unbranched alkanes of at least 4 members (excludes halogenated alkanes) is 2. The Hall–Kier alpha value is -1.26. The van der Waals surface area contributed by atoms with Crippen LogP contribution in [0.3, 0.4) is 0 Å². The van der Waals surface area contributed by atoms with Crippen LogP contribution in [-0.4, -0.2) is 53.1 Å². The highest BCUT2D eigenvalue weighted by atomic mass is 16.4. The van der Waals surface area contributed by atoms with E-state index in [2.05, 4.69) is 13.8 Å². The number of aliphatic carboxylic acids is 1. The van der Waals surface area contributed by atoms with Crippen LogP contribution in [0.4, 0.5) is 4.79 Å². The summed E-state index contributed by atoms with van der Waals surface area (Å²) in [7, 11) is 0. The molecule has 0 aromatic rings. The monoisotopic (exact) mass is 298 g/mol. The topological polar surface area (TPSA) is 60.9 Å². The average Bonchev–Trinajstić information content (AvgIpc) is 2.92. The number of carbonyl (C=O) groups excluding carboxylic acids is 1. The van der Waals surface area contributed by atoms with Crippen molar-refractivity contribution in [3.05, 3.63) is 0 Å². The van der Waals surface area contributed by atoms with E-state index in [-0.39, 0.29) is 6.03 Å². The van der Waals surface area contributed by atoms with Crippen molar-refractivity contribution >= 4 is 12.0 Å². The molecule has 21 heavy (non-hydrogen) atoms. The lowest BCUT2D eigenvalue weighted by molar-refractivity contribution is -0.148. The first-order chi connectivity index (χ1) is 10.0. The number of carbonyl (C=O) groups is 2. The molecule has 5 nitrogen and oxygen atoms in total. The third-order valence-corrected chi connectivity index (χ3v) is 4.59. The molecule has 0 radical (unpaired) electrons. The number of carboxylic acids is 1. The minimum absolute atomic E-state index is 0.0217. The van der Waals surface area contributed by atoms with Gasteiger partial charge in [0, 0.05) is 26.2 Å². The molecule has 5 heteroatoms. The molecule has 0 aromatic carbocycles. The van der Waals surface area contributed by atoms with Gasteiger partial charge in [-0.25, -0.2) is 4.79 Å². The summed E-state index contributed by atoms with van der Waals surface area (Å²) in [5.41, 5.74) is -0.739. The van der Waals surface area contributed by atoms with Gasteiger partial charge in [0.1, 0.15) is 0 Å². The Balaban J connectivity index is 2.69. The number of hydrogen-bond donors (Lipinski definition) is 1. The van der Waals surface area contributed by atoms with Crippen molar-refractivity contribution in [1.82, 2.24) is 9.80 Å². The lowest BCUT2D eigenvalue weighted by atomic mass is 9.84. The number of urea groups is 1. The lowest BCUT2D eigenvalue weighted by Crippen LogP contribution is -2.44. The second-order valence-corrected chi connectivity index (χ2v) is 6.09. The zero-order chi connectivity index (χ0) is 15.9. The molecule has 1 N–H and O–H groups in total. The summed E-state index contributed by atoms with van der Waals surface area (Å²) in [6, 6.07) is 0.0217. The smallest absolute Gasteiger partial charge is 0.320 e. The van der Waals surface area contributed by atoms with Gasteiger partial charge in [0.2, 0.25) is 0 Å². The van der Waals surface area contributed by atoms with Gasteiger partial charge in [-0.05, 0) is 25.7 Å². The van der Waals surface area contributed by atoms with E-state index in [9.17, 15) is 14.7 Å². The fraction of sp³-hybridized carbons (Fsp3) is 0.875. The summed E-state index contributed by atoms with van der Waals surface area (Å²) in [4.78, 5) is 27.8. The Morgan fingerprint density at radius 3 is 2.10 bits per heavy atom. The molecule has 0 aliphatic carbocycles. The van der Waals surface area contributed by atoms with Crippen molar-refractivity contribution in [2.45, 2.75) is 59.3 Å². The van der Waals surface area contributed by atoms with Crippen molar-refractivity contribution in [2.24, 2.45) is 5.41 Å². The molecule has 1 fully saturated rings. The van der Waals surface area contributed by atoms with Crippen LogP contribution in [0.25, 0.3) is 0 Å². The summed E-state index contributed by atoms with van der Waals surface area (Å²) < 4.78 is 0. The van der Waals surface area contributed by atoms with Crippen molar-refractivity contribution < 1.29 is 14.7 Å². The number of likely N-dealkylation sites (tertiary alicyclic amines) is 1. The maximum Gasteiger partial charge on any atom is 0.320 e. The number of nitrogens with zero attached hydrogens (tertiary/aromatic N) is 2. The summed E-state index contributed by atoms with van der Waals surface area (Å²) >= 11 is 0. The largest absolute Gasteiger partial charge is 0.481 e. The number of carboxylic acid groups (broad SMARTS) is 1. The van der Waals surface area contributed by atoms with Gasteiger partial charge >= 0.3 is 12.0 Å². The molecule has 122 valence electrons. The predicted octanol–water partition coefficient (Wildman–Crippen LogP) is 3.20. The standard InChI is InChI=1S/C16H30N2O3/c1-4-7-10-17(11-8-5-2)15(21)18-12-9-16(6-3,13-18)14(19)20/h4-13H2,1-3H3,(H,19,20). The number of rotatable bonds is 8. The van der Waals surface area contributed by atoms with E-state index in [4.69, 9.17) is 0 Å². The molecule has 0 aromatic heterocycles. The molecule has 0 bridgehead atoms. The molecule has 1 aliphatic heterocycles. The molecular weight excluding hydrogens is 268 g/mol. The number of amides is 2. The molecule has 1 rings (SSSR count). The van der Waals surface area contributed by atoms with E-state index in [0.29, 0.717) is 25.9 Å². The molecule has 1 atom stereocenters. The first kappa shape index (κ1) is 17.8. The van der Waals surface area contributed by atoms with Gasteiger partial charge in [0.05, 0.1) is 5.41 Å². The van der Waals surface area contributed by atoms with E-state index in [0.717, 1.165) is 38.8 Å². The van der Waals surface area contributed by atoms with Crippen molar-refractivity contribution in [3.63, 3.8) is 0 Å². The Bertz CT molecular complexity index is 351. The van der Waals surface area contributed by atoms with Gasteiger partial charge in [-0.15, -0.1) is 0 Å². The second kappa shape index (κ2) is 8.25. The Morgan fingerprint density at radius 2 is 1.71 bits per heavy atom. The first-order valence-electron chi connectivity index (χ1n) is 8.28. The highest BCUT2D eigenvalue weighted by Crippen LogP contribution is 2.34. The highest BCUT2D eigenvalue weighted by molar-refractivity contribution is 5.79. The van der Waals surface area contributed by atoms with E-state index in [1.54, 1.807) is 4.90 Å². The Labute approximate surface area is 128 Å². The zero-order valence-electron chi connectivity index (χ0n) is 13.7. The number of hydrogen-bond acceptors (Lipinski definition) is 2. The third-order valence-electron chi connectivity index (χ3n) is 4.59. The van der Waals surface area contributed by atoms with Gasteiger partial charge in [0.15, 0.2) is 0 Å².